The summed E-state index contributed by atoms with van der Waals surface area (Å²) < 4.78 is 12.9. The zero-order valence-corrected chi connectivity index (χ0v) is 17.4. The maximum Gasteiger partial charge on any atom is 0.243 e. The fraction of sp³-hybridized carbons (Fsp3) is 0.375. The second-order valence-corrected chi connectivity index (χ2v) is 7.99. The number of piperidine rings is 1. The van der Waals surface area contributed by atoms with Gasteiger partial charge in [-0.2, -0.15) is 0 Å². The summed E-state index contributed by atoms with van der Waals surface area (Å²) in [5, 5.41) is 3.70. The molecule has 1 aliphatic heterocycles. The number of nitrogens with one attached hydrogen (secondary N) is 1. The summed E-state index contributed by atoms with van der Waals surface area (Å²) in [5.41, 5.74) is 2.20. The van der Waals surface area contributed by atoms with E-state index in [2.05, 4.69) is 22.3 Å². The molecule has 0 unspecified atom stereocenters. The minimum Gasteiger partial charge on any atom is -0.353 e. The van der Waals surface area contributed by atoms with Crippen molar-refractivity contribution >= 4 is 23.6 Å². The Labute approximate surface area is 177 Å². The number of carbonyl (C=O) groups excluding carboxylic acids is 1. The highest BCUT2D eigenvalue weighted by molar-refractivity contribution is 6.30. The summed E-state index contributed by atoms with van der Waals surface area (Å²) in [5.74, 6) is 0.245. The monoisotopic (exact) mass is 414 g/mol. The van der Waals surface area contributed by atoms with Crippen molar-refractivity contribution in [3.63, 3.8) is 0 Å². The summed E-state index contributed by atoms with van der Waals surface area (Å²) in [6.45, 7) is 4.00. The molecular weight excluding hydrogens is 387 g/mol. The largest absolute Gasteiger partial charge is 0.353 e. The van der Waals surface area contributed by atoms with E-state index in [1.807, 2.05) is 12.1 Å². The van der Waals surface area contributed by atoms with Crippen LogP contribution in [0.4, 0.5) is 4.39 Å². The number of hydrogen-bond donors (Lipinski definition) is 1. The number of rotatable bonds is 8. The smallest absolute Gasteiger partial charge is 0.243 e. The summed E-state index contributed by atoms with van der Waals surface area (Å²) in [4.78, 5) is 14.4. The average molecular weight is 415 g/mol. The standard InChI is InChI=1S/C24H28ClFN2O/c25-22-8-6-20(7-9-22)21-13-17-28(18-14-21)16-2-1-15-27-24(29)12-5-19-3-10-23(26)11-4-19/h3-12,21H,1-2,13-18H2,(H,27,29)/b12-5+. The van der Waals surface area contributed by atoms with Gasteiger partial charge in [-0.3, -0.25) is 4.79 Å². The number of carbonyl (C=O) groups is 1. The Balaban J connectivity index is 1.27. The molecule has 5 heteroatoms. The van der Waals surface area contributed by atoms with E-state index in [4.69, 9.17) is 11.6 Å². The zero-order valence-electron chi connectivity index (χ0n) is 16.6. The van der Waals surface area contributed by atoms with Crippen LogP contribution in [0.3, 0.4) is 0 Å². The second kappa shape index (κ2) is 11.1. The number of unbranched alkanes of at least 4 members (excludes halogenated alkanes) is 1. The van der Waals surface area contributed by atoms with Crippen molar-refractivity contribution in [3.05, 3.63) is 76.6 Å². The van der Waals surface area contributed by atoms with E-state index in [1.165, 1.54) is 36.6 Å². The lowest BCUT2D eigenvalue weighted by atomic mass is 9.89. The van der Waals surface area contributed by atoms with Crippen LogP contribution >= 0.6 is 11.6 Å². The fourth-order valence-electron chi connectivity index (χ4n) is 3.70. The Hall–Kier alpha value is -2.17. The van der Waals surface area contributed by atoms with Gasteiger partial charge in [-0.05, 0) is 92.7 Å². The molecule has 0 radical (unpaired) electrons. The highest BCUT2D eigenvalue weighted by atomic mass is 35.5. The number of benzene rings is 2. The van der Waals surface area contributed by atoms with Gasteiger partial charge >= 0.3 is 0 Å². The first-order chi connectivity index (χ1) is 14.1. The average Bonchev–Trinajstić information content (AvgIpc) is 2.74. The van der Waals surface area contributed by atoms with E-state index in [1.54, 1.807) is 18.2 Å². The highest BCUT2D eigenvalue weighted by Crippen LogP contribution is 2.28. The van der Waals surface area contributed by atoms with Crippen LogP contribution in [0.5, 0.6) is 0 Å². The third-order valence-electron chi connectivity index (χ3n) is 5.43. The van der Waals surface area contributed by atoms with Crippen LogP contribution in [0.25, 0.3) is 6.08 Å². The van der Waals surface area contributed by atoms with E-state index in [9.17, 15) is 9.18 Å². The van der Waals surface area contributed by atoms with Crippen LogP contribution in [-0.4, -0.2) is 37.0 Å². The minimum atomic E-state index is -0.277. The van der Waals surface area contributed by atoms with Gasteiger partial charge in [0.05, 0.1) is 0 Å². The van der Waals surface area contributed by atoms with Crippen LogP contribution in [0.1, 0.15) is 42.7 Å². The van der Waals surface area contributed by atoms with Crippen molar-refractivity contribution in [1.29, 1.82) is 0 Å². The van der Waals surface area contributed by atoms with Gasteiger partial charge in [-0.25, -0.2) is 4.39 Å². The predicted octanol–water partition coefficient (Wildman–Crippen LogP) is 5.27. The molecular formula is C24H28ClFN2O. The van der Waals surface area contributed by atoms with Crippen LogP contribution in [0.15, 0.2) is 54.6 Å². The minimum absolute atomic E-state index is 0.113. The number of likely N-dealkylation sites (tertiary alicyclic amines) is 1. The van der Waals surface area contributed by atoms with Crippen molar-refractivity contribution in [2.24, 2.45) is 0 Å². The molecule has 1 amide bonds. The Morgan fingerprint density at radius 1 is 1.07 bits per heavy atom. The van der Waals surface area contributed by atoms with Crippen molar-refractivity contribution in [3.8, 4) is 0 Å². The Morgan fingerprint density at radius 2 is 1.76 bits per heavy atom. The Kier molecular flexibility index (Phi) is 8.26. The summed E-state index contributed by atoms with van der Waals surface area (Å²) in [6, 6.07) is 14.3. The van der Waals surface area contributed by atoms with Crippen molar-refractivity contribution < 1.29 is 9.18 Å². The van der Waals surface area contributed by atoms with Gasteiger partial charge in [0.1, 0.15) is 5.82 Å². The maximum atomic E-state index is 12.9. The van der Waals surface area contributed by atoms with Gasteiger partial charge in [-0.15, -0.1) is 0 Å². The van der Waals surface area contributed by atoms with E-state index in [-0.39, 0.29) is 11.7 Å². The molecule has 0 aliphatic carbocycles. The first kappa shape index (κ1) is 21.5. The van der Waals surface area contributed by atoms with Gasteiger partial charge in [0, 0.05) is 17.6 Å². The molecule has 1 fully saturated rings. The molecule has 1 saturated heterocycles. The van der Waals surface area contributed by atoms with Gasteiger partial charge < -0.3 is 10.2 Å². The van der Waals surface area contributed by atoms with Crippen molar-refractivity contribution in [2.75, 3.05) is 26.2 Å². The van der Waals surface area contributed by atoms with E-state index in [0.29, 0.717) is 12.5 Å². The van der Waals surface area contributed by atoms with Crippen LogP contribution in [-0.2, 0) is 4.79 Å². The van der Waals surface area contributed by atoms with Crippen LogP contribution in [0.2, 0.25) is 5.02 Å². The molecule has 3 rings (SSSR count). The second-order valence-electron chi connectivity index (χ2n) is 7.55. The molecule has 0 atom stereocenters. The van der Waals surface area contributed by atoms with E-state index >= 15 is 0 Å². The van der Waals surface area contributed by atoms with Gasteiger partial charge in [0.25, 0.3) is 0 Å². The molecule has 3 nitrogen and oxygen atoms in total. The zero-order chi connectivity index (χ0) is 20.5. The lowest BCUT2D eigenvalue weighted by molar-refractivity contribution is -0.116. The molecule has 0 spiro atoms. The summed E-state index contributed by atoms with van der Waals surface area (Å²) in [6.07, 6.45) is 7.61. The van der Waals surface area contributed by atoms with Crippen molar-refractivity contribution in [1.82, 2.24) is 10.2 Å². The fourth-order valence-corrected chi connectivity index (χ4v) is 3.83. The molecule has 1 N–H and O–H groups in total. The normalized spacial score (nSPS) is 15.7. The summed E-state index contributed by atoms with van der Waals surface area (Å²) in [7, 11) is 0. The SMILES string of the molecule is O=C(/C=C/c1ccc(F)cc1)NCCCCN1CCC(c2ccc(Cl)cc2)CC1. The molecule has 1 aliphatic rings. The molecule has 29 heavy (non-hydrogen) atoms. The number of nitrogens with zero attached hydrogens (tertiary/aromatic N) is 1. The highest BCUT2D eigenvalue weighted by Gasteiger charge is 2.20. The van der Waals surface area contributed by atoms with Gasteiger partial charge in [-0.1, -0.05) is 35.9 Å². The van der Waals surface area contributed by atoms with Gasteiger partial charge in [0.15, 0.2) is 0 Å². The molecule has 1 heterocycles. The Morgan fingerprint density at radius 3 is 2.45 bits per heavy atom. The van der Waals surface area contributed by atoms with Crippen LogP contribution < -0.4 is 5.32 Å². The maximum absolute atomic E-state index is 12.9. The number of hydrogen-bond acceptors (Lipinski definition) is 2. The first-order valence-electron chi connectivity index (χ1n) is 10.3. The van der Waals surface area contributed by atoms with Crippen molar-refractivity contribution in [2.45, 2.75) is 31.6 Å². The molecule has 0 aromatic heterocycles. The molecule has 154 valence electrons. The Bertz CT molecular complexity index is 797. The lowest BCUT2D eigenvalue weighted by Gasteiger charge is -2.32. The van der Waals surface area contributed by atoms with Gasteiger partial charge in [0.2, 0.25) is 5.91 Å². The third-order valence-corrected chi connectivity index (χ3v) is 5.68. The molecule has 2 aromatic carbocycles. The topological polar surface area (TPSA) is 32.3 Å². The molecule has 2 aromatic rings. The summed E-state index contributed by atoms with van der Waals surface area (Å²) >= 11 is 5.98. The van der Waals surface area contributed by atoms with Crippen LogP contribution in [0, 0.1) is 5.82 Å². The predicted molar refractivity (Wildman–Crippen MR) is 118 cm³/mol. The number of amides is 1. The quantitative estimate of drug-likeness (QED) is 0.471. The lowest BCUT2D eigenvalue weighted by Crippen LogP contribution is -2.34. The van der Waals surface area contributed by atoms with E-state index < -0.39 is 0 Å². The third kappa shape index (κ3) is 7.30. The molecule has 0 saturated carbocycles. The number of halogens is 2. The molecule has 0 bridgehead atoms. The first-order valence-corrected chi connectivity index (χ1v) is 10.7. The van der Waals surface area contributed by atoms with E-state index in [0.717, 1.165) is 43.1 Å².